The minimum atomic E-state index is -2.56. The van der Waals surface area contributed by atoms with E-state index in [4.69, 9.17) is 5.11 Å². The van der Waals surface area contributed by atoms with Crippen LogP contribution in [-0.2, 0) is 4.74 Å². The third-order valence-electron chi connectivity index (χ3n) is 2.26. The van der Waals surface area contributed by atoms with Gasteiger partial charge in [-0.15, -0.1) is 0 Å². The van der Waals surface area contributed by atoms with Crippen molar-refractivity contribution in [2.75, 3.05) is 25.1 Å². The molecule has 7 nitrogen and oxygen atoms in total. The van der Waals surface area contributed by atoms with Crippen molar-refractivity contribution in [2.24, 2.45) is 0 Å². The quantitative estimate of drug-likeness (QED) is 0.571. The number of ether oxygens (including phenoxy) is 1. The molecule has 2 amide bonds. The third-order valence-corrected chi connectivity index (χ3v) is 2.26. The van der Waals surface area contributed by atoms with Crippen molar-refractivity contribution in [1.29, 1.82) is 0 Å². The molecule has 1 aromatic rings. The summed E-state index contributed by atoms with van der Waals surface area (Å²) in [5.74, 6) is -1.78. The van der Waals surface area contributed by atoms with Gasteiger partial charge in [0.15, 0.2) is 0 Å². The van der Waals surface area contributed by atoms with E-state index in [1.807, 2.05) is 0 Å². The Morgan fingerprint density at radius 1 is 1.33 bits per heavy atom. The Hall–Kier alpha value is -2.42. The maximum absolute atomic E-state index is 11.7. The first-order valence-corrected chi connectivity index (χ1v) is 5.87. The molecule has 0 fully saturated rings. The molecule has 0 saturated carbocycles. The molecule has 0 saturated heterocycles. The smallest absolute Gasteiger partial charge is 0.339 e. The topological polar surface area (TPSA) is 108 Å². The zero-order chi connectivity index (χ0) is 15.8. The van der Waals surface area contributed by atoms with Crippen molar-refractivity contribution in [1.82, 2.24) is 5.32 Å². The minimum Gasteiger partial charge on any atom is -0.507 e. The number of halogens is 2. The van der Waals surface area contributed by atoms with Crippen molar-refractivity contribution in [3.8, 4) is 5.75 Å². The number of carboxylic acids is 1. The van der Waals surface area contributed by atoms with Gasteiger partial charge < -0.3 is 25.6 Å². The van der Waals surface area contributed by atoms with Gasteiger partial charge in [0.2, 0.25) is 0 Å². The molecule has 1 rings (SSSR count). The molecule has 0 aliphatic carbocycles. The first-order chi connectivity index (χ1) is 9.90. The number of phenols is 1. The number of hydrogen-bond donors (Lipinski definition) is 4. The fourth-order valence-corrected chi connectivity index (χ4v) is 1.37. The van der Waals surface area contributed by atoms with Gasteiger partial charge in [0, 0.05) is 18.3 Å². The lowest BCUT2D eigenvalue weighted by Gasteiger charge is -2.09. The number of nitrogens with one attached hydrogen (secondary N) is 2. The maximum Gasteiger partial charge on any atom is 0.339 e. The molecule has 0 heterocycles. The Bertz CT molecular complexity index is 510. The Labute approximate surface area is 118 Å². The van der Waals surface area contributed by atoms with Crippen molar-refractivity contribution in [3.05, 3.63) is 23.8 Å². The van der Waals surface area contributed by atoms with Crippen LogP contribution in [0, 0.1) is 0 Å². The van der Waals surface area contributed by atoms with Crippen LogP contribution in [0.25, 0.3) is 0 Å². The molecule has 1 aromatic carbocycles. The standard InChI is InChI=1S/C12H14F2N2O5/c13-10(14)6-21-4-3-15-12(20)16-7-1-2-8(11(18)19)9(17)5-7/h1-2,5,10,17H,3-4,6H2,(H,18,19)(H2,15,16,20). The lowest BCUT2D eigenvalue weighted by molar-refractivity contribution is 0.0194. The highest BCUT2D eigenvalue weighted by atomic mass is 19.3. The van der Waals surface area contributed by atoms with Crippen LogP contribution in [-0.4, -0.2) is 48.4 Å². The van der Waals surface area contributed by atoms with E-state index >= 15 is 0 Å². The summed E-state index contributed by atoms with van der Waals surface area (Å²) in [5.41, 5.74) is -0.107. The highest BCUT2D eigenvalue weighted by molar-refractivity contribution is 5.93. The molecule has 0 radical (unpaired) electrons. The fourth-order valence-electron chi connectivity index (χ4n) is 1.37. The number of carbonyl (C=O) groups is 2. The van der Waals surface area contributed by atoms with Gasteiger partial charge in [0.05, 0.1) is 6.61 Å². The predicted octanol–water partition coefficient (Wildman–Crippen LogP) is 1.49. The average Bonchev–Trinajstić information content (AvgIpc) is 2.37. The highest BCUT2D eigenvalue weighted by Gasteiger charge is 2.10. The first kappa shape index (κ1) is 16.6. The van der Waals surface area contributed by atoms with Crippen LogP contribution >= 0.6 is 0 Å². The van der Waals surface area contributed by atoms with Crippen LogP contribution in [0.1, 0.15) is 10.4 Å². The number of carbonyl (C=O) groups excluding carboxylic acids is 1. The van der Waals surface area contributed by atoms with Gasteiger partial charge in [-0.1, -0.05) is 0 Å². The molecule has 21 heavy (non-hydrogen) atoms. The molecular formula is C12H14F2N2O5. The minimum absolute atomic E-state index is 0.0255. The van der Waals surface area contributed by atoms with Crippen LogP contribution in [0.4, 0.5) is 19.3 Å². The van der Waals surface area contributed by atoms with E-state index in [9.17, 15) is 23.5 Å². The summed E-state index contributed by atoms with van der Waals surface area (Å²) in [6.07, 6.45) is -2.56. The third kappa shape index (κ3) is 6.04. The zero-order valence-electron chi connectivity index (χ0n) is 10.8. The van der Waals surface area contributed by atoms with Gasteiger partial charge in [0.1, 0.15) is 17.9 Å². The van der Waals surface area contributed by atoms with Crippen molar-refractivity contribution < 1.29 is 33.3 Å². The second kappa shape index (κ2) is 8.00. The van der Waals surface area contributed by atoms with E-state index < -0.39 is 30.8 Å². The van der Waals surface area contributed by atoms with Crippen LogP contribution in [0.15, 0.2) is 18.2 Å². The normalized spacial score (nSPS) is 10.4. The van der Waals surface area contributed by atoms with E-state index in [0.29, 0.717) is 0 Å². The summed E-state index contributed by atoms with van der Waals surface area (Å²) in [6, 6.07) is 2.88. The summed E-state index contributed by atoms with van der Waals surface area (Å²) < 4.78 is 28.0. The summed E-state index contributed by atoms with van der Waals surface area (Å²) >= 11 is 0. The molecule has 9 heteroatoms. The number of amides is 2. The van der Waals surface area contributed by atoms with Gasteiger partial charge in [-0.25, -0.2) is 18.4 Å². The molecule has 0 aliphatic rings. The van der Waals surface area contributed by atoms with Crippen LogP contribution < -0.4 is 10.6 Å². The lowest BCUT2D eigenvalue weighted by atomic mass is 10.2. The van der Waals surface area contributed by atoms with Crippen LogP contribution in [0.5, 0.6) is 5.75 Å². The monoisotopic (exact) mass is 304 g/mol. The predicted molar refractivity (Wildman–Crippen MR) is 68.9 cm³/mol. The molecule has 0 atom stereocenters. The number of alkyl halides is 2. The van der Waals surface area contributed by atoms with Crippen LogP contribution in [0.3, 0.4) is 0 Å². The number of aromatic hydroxyl groups is 1. The first-order valence-electron chi connectivity index (χ1n) is 5.87. The van der Waals surface area contributed by atoms with Gasteiger partial charge in [0.25, 0.3) is 6.43 Å². The largest absolute Gasteiger partial charge is 0.507 e. The number of hydrogen-bond acceptors (Lipinski definition) is 4. The second-order valence-electron chi connectivity index (χ2n) is 3.88. The number of anilines is 1. The molecule has 0 bridgehead atoms. The Morgan fingerprint density at radius 3 is 2.62 bits per heavy atom. The van der Waals surface area contributed by atoms with Gasteiger partial charge in [-0.3, -0.25) is 0 Å². The summed E-state index contributed by atoms with van der Waals surface area (Å²) in [5, 5.41) is 22.8. The number of urea groups is 1. The molecule has 0 aromatic heterocycles. The summed E-state index contributed by atoms with van der Waals surface area (Å²) in [6.45, 7) is -0.744. The van der Waals surface area contributed by atoms with E-state index in [2.05, 4.69) is 15.4 Å². The van der Waals surface area contributed by atoms with Crippen molar-refractivity contribution in [2.45, 2.75) is 6.43 Å². The van der Waals surface area contributed by atoms with Gasteiger partial charge in [-0.05, 0) is 12.1 Å². The Kier molecular flexibility index (Phi) is 6.34. The number of benzene rings is 1. The number of carboxylic acid groups (broad SMARTS) is 1. The second-order valence-corrected chi connectivity index (χ2v) is 3.88. The van der Waals surface area contributed by atoms with E-state index in [-0.39, 0.29) is 24.4 Å². The molecule has 0 aliphatic heterocycles. The SMILES string of the molecule is O=C(NCCOCC(F)F)Nc1ccc(C(=O)O)c(O)c1. The van der Waals surface area contributed by atoms with Crippen molar-refractivity contribution >= 4 is 17.7 Å². The number of aromatic carboxylic acids is 1. The molecule has 116 valence electrons. The molecular weight excluding hydrogens is 290 g/mol. The number of rotatable bonds is 7. The van der Waals surface area contributed by atoms with E-state index in [0.717, 1.165) is 12.1 Å². The van der Waals surface area contributed by atoms with Gasteiger partial charge in [-0.2, -0.15) is 0 Å². The maximum atomic E-state index is 11.7. The fraction of sp³-hybridized carbons (Fsp3) is 0.333. The Balaban J connectivity index is 2.38. The Morgan fingerprint density at radius 2 is 2.05 bits per heavy atom. The molecule has 4 N–H and O–H groups in total. The molecule has 0 unspecified atom stereocenters. The van der Waals surface area contributed by atoms with Crippen molar-refractivity contribution in [3.63, 3.8) is 0 Å². The highest BCUT2D eigenvalue weighted by Crippen LogP contribution is 2.21. The van der Waals surface area contributed by atoms with Crippen LogP contribution in [0.2, 0.25) is 0 Å². The van der Waals surface area contributed by atoms with E-state index in [1.54, 1.807) is 0 Å². The average molecular weight is 304 g/mol. The zero-order valence-corrected chi connectivity index (χ0v) is 10.8. The molecule has 0 spiro atoms. The van der Waals surface area contributed by atoms with Gasteiger partial charge >= 0.3 is 12.0 Å². The lowest BCUT2D eigenvalue weighted by Crippen LogP contribution is -2.31. The van der Waals surface area contributed by atoms with E-state index in [1.165, 1.54) is 6.07 Å². The summed E-state index contributed by atoms with van der Waals surface area (Å²) in [7, 11) is 0. The summed E-state index contributed by atoms with van der Waals surface area (Å²) in [4.78, 5) is 22.1.